The number of amides is 1. The fraction of sp³-hybridized carbons (Fsp3) is 0.643. The van der Waals surface area contributed by atoms with E-state index in [9.17, 15) is 4.79 Å². The molecule has 0 spiro atoms. The Hall–Kier alpha value is -1.99. The number of anilines is 2. The van der Waals surface area contributed by atoms with Gasteiger partial charge in [0.05, 0.1) is 0 Å². The zero-order chi connectivity index (χ0) is 16.9. The Morgan fingerprint density at radius 2 is 2.05 bits per heavy atom. The third-order valence-electron chi connectivity index (χ3n) is 2.90. The van der Waals surface area contributed by atoms with Gasteiger partial charge in [-0.2, -0.15) is 0 Å². The van der Waals surface area contributed by atoms with E-state index in [1.807, 2.05) is 39.6 Å². The number of carbonyl (C=O) groups is 1. The van der Waals surface area contributed by atoms with Crippen LogP contribution in [-0.2, 0) is 4.74 Å². The molecule has 22 heavy (non-hydrogen) atoms. The van der Waals surface area contributed by atoms with Crippen LogP contribution in [-0.4, -0.2) is 61.1 Å². The zero-order valence-electron chi connectivity index (χ0n) is 14.0. The fourth-order valence-corrected chi connectivity index (χ4v) is 1.76. The second kappa shape index (κ2) is 7.33. The van der Waals surface area contributed by atoms with Gasteiger partial charge in [0.15, 0.2) is 11.6 Å². The molecular weight excluding hydrogens is 281 g/mol. The van der Waals surface area contributed by atoms with Gasteiger partial charge in [-0.15, -0.1) is 0 Å². The number of ether oxygens (including phenoxy) is 1. The molecule has 120 valence electrons. The maximum absolute atomic E-state index is 12.1. The highest BCUT2D eigenvalue weighted by Crippen LogP contribution is 2.14. The van der Waals surface area contributed by atoms with E-state index in [1.54, 1.807) is 4.90 Å². The minimum Gasteiger partial charge on any atom is -0.444 e. The normalized spacial score (nSPS) is 11.1. The number of likely N-dealkylation sites (N-methyl/N-ethyl adjacent to an activating group) is 2. The molecule has 0 saturated carbocycles. The third-order valence-corrected chi connectivity index (χ3v) is 2.90. The van der Waals surface area contributed by atoms with Gasteiger partial charge in [-0.1, -0.05) is 0 Å². The van der Waals surface area contributed by atoms with Gasteiger partial charge in [0, 0.05) is 38.5 Å². The monoisotopic (exact) mass is 305 g/mol. The number of carbonyl (C=O) groups excluding carboxylic acids is 1. The lowest BCUT2D eigenvalue weighted by molar-refractivity contribution is 0.0265. The first-order valence-electron chi connectivity index (χ1n) is 7.21. The number of rotatable bonds is 5. The smallest absolute Gasteiger partial charge is 0.410 e. The number of nitrogens with two attached hydrogens (primary N) is 1. The molecule has 0 aliphatic rings. The standard InChI is InChI=1S/C14H24BN5O2/c1-6-20(13(21)22-14(2,3)4)8-7-19(5)12-11(16)17-9-10(15)18-12/h9H,6-8H2,1-5H3,(H2,16,17). The molecule has 1 aromatic heterocycles. The molecule has 0 fully saturated rings. The van der Waals surface area contributed by atoms with E-state index in [4.69, 9.17) is 18.3 Å². The van der Waals surface area contributed by atoms with E-state index in [0.717, 1.165) is 0 Å². The number of nitrogen functional groups attached to an aromatic ring is 1. The molecule has 0 saturated heterocycles. The average Bonchev–Trinajstić information content (AvgIpc) is 2.40. The summed E-state index contributed by atoms with van der Waals surface area (Å²) < 4.78 is 5.37. The van der Waals surface area contributed by atoms with Gasteiger partial charge in [0.1, 0.15) is 13.4 Å². The molecule has 0 bridgehead atoms. The van der Waals surface area contributed by atoms with Crippen molar-refractivity contribution in [2.24, 2.45) is 0 Å². The maximum atomic E-state index is 12.1. The molecule has 0 atom stereocenters. The molecule has 1 aromatic rings. The molecule has 1 rings (SSSR count). The highest BCUT2D eigenvalue weighted by atomic mass is 16.6. The Balaban J connectivity index is 2.66. The van der Waals surface area contributed by atoms with Crippen LogP contribution in [0, 0.1) is 0 Å². The van der Waals surface area contributed by atoms with Gasteiger partial charge in [0.25, 0.3) is 0 Å². The highest BCUT2D eigenvalue weighted by molar-refractivity contribution is 6.30. The molecule has 1 heterocycles. The Morgan fingerprint density at radius 3 is 2.59 bits per heavy atom. The number of hydrogen-bond donors (Lipinski definition) is 1. The van der Waals surface area contributed by atoms with Crippen LogP contribution in [0.3, 0.4) is 0 Å². The van der Waals surface area contributed by atoms with Crippen LogP contribution < -0.4 is 16.2 Å². The number of aromatic nitrogens is 2. The Morgan fingerprint density at radius 1 is 1.41 bits per heavy atom. The van der Waals surface area contributed by atoms with Crippen LogP contribution in [0.5, 0.6) is 0 Å². The van der Waals surface area contributed by atoms with E-state index in [2.05, 4.69) is 9.97 Å². The molecule has 2 radical (unpaired) electrons. The van der Waals surface area contributed by atoms with Crippen molar-refractivity contribution < 1.29 is 9.53 Å². The first kappa shape index (κ1) is 18.1. The quantitative estimate of drug-likeness (QED) is 0.800. The molecule has 0 aliphatic heterocycles. The van der Waals surface area contributed by atoms with Crippen molar-refractivity contribution in [1.29, 1.82) is 0 Å². The molecule has 2 N–H and O–H groups in total. The van der Waals surface area contributed by atoms with Gasteiger partial charge >= 0.3 is 6.09 Å². The first-order chi connectivity index (χ1) is 10.1. The fourth-order valence-electron chi connectivity index (χ4n) is 1.76. The van der Waals surface area contributed by atoms with Gasteiger partial charge in [-0.3, -0.25) is 0 Å². The summed E-state index contributed by atoms with van der Waals surface area (Å²) in [5.41, 5.74) is 5.58. The van der Waals surface area contributed by atoms with Crippen molar-refractivity contribution in [2.75, 3.05) is 37.3 Å². The minimum absolute atomic E-state index is 0.301. The molecule has 1 amide bonds. The van der Waals surface area contributed by atoms with Gasteiger partial charge < -0.3 is 20.3 Å². The van der Waals surface area contributed by atoms with E-state index < -0.39 is 5.60 Å². The lowest BCUT2D eigenvalue weighted by Crippen LogP contribution is -2.41. The molecule has 0 aromatic carbocycles. The topological polar surface area (TPSA) is 84.6 Å². The van der Waals surface area contributed by atoms with Gasteiger partial charge in [0.2, 0.25) is 0 Å². The summed E-state index contributed by atoms with van der Waals surface area (Å²) in [7, 11) is 7.45. The summed E-state index contributed by atoms with van der Waals surface area (Å²) in [6.45, 7) is 9.00. The van der Waals surface area contributed by atoms with Crippen molar-refractivity contribution in [1.82, 2.24) is 14.9 Å². The summed E-state index contributed by atoms with van der Waals surface area (Å²) in [6, 6.07) is 0. The van der Waals surface area contributed by atoms with Crippen molar-refractivity contribution in [3.8, 4) is 0 Å². The number of nitrogens with zero attached hydrogens (tertiary/aromatic N) is 4. The summed E-state index contributed by atoms with van der Waals surface area (Å²) in [4.78, 5) is 23.6. The SMILES string of the molecule is [B]c1cnc(N)c(N(C)CCN(CC)C(=O)OC(C)(C)C)n1. The van der Waals surface area contributed by atoms with Crippen LogP contribution in [0.25, 0.3) is 0 Å². The third kappa shape index (κ3) is 5.42. The lowest BCUT2D eigenvalue weighted by atomic mass is 10.1. The first-order valence-corrected chi connectivity index (χ1v) is 7.21. The van der Waals surface area contributed by atoms with Crippen molar-refractivity contribution in [3.05, 3.63) is 6.20 Å². The summed E-state index contributed by atoms with van der Waals surface area (Å²) in [5.74, 6) is 0.803. The van der Waals surface area contributed by atoms with Crippen molar-refractivity contribution >= 4 is 31.2 Å². The second-order valence-electron chi connectivity index (χ2n) is 5.99. The lowest BCUT2D eigenvalue weighted by Gasteiger charge is -2.28. The van der Waals surface area contributed by atoms with Crippen molar-refractivity contribution in [3.63, 3.8) is 0 Å². The highest BCUT2D eigenvalue weighted by Gasteiger charge is 2.21. The zero-order valence-corrected chi connectivity index (χ0v) is 14.0. The number of hydrogen-bond acceptors (Lipinski definition) is 6. The Kier molecular flexibility index (Phi) is 6.02. The molecular formula is C14H24BN5O2. The largest absolute Gasteiger partial charge is 0.444 e. The second-order valence-corrected chi connectivity index (χ2v) is 5.99. The molecule has 0 aliphatic carbocycles. The van der Waals surface area contributed by atoms with Gasteiger partial charge in [-0.25, -0.2) is 14.8 Å². The van der Waals surface area contributed by atoms with E-state index in [-0.39, 0.29) is 6.09 Å². The van der Waals surface area contributed by atoms with Crippen LogP contribution in [0.4, 0.5) is 16.4 Å². The summed E-state index contributed by atoms with van der Waals surface area (Å²) in [6.07, 6.45) is 1.07. The predicted octanol–water partition coefficient (Wildman–Crippen LogP) is 0.546. The Labute approximate surface area is 133 Å². The Bertz CT molecular complexity index is 518. The van der Waals surface area contributed by atoms with E-state index in [0.29, 0.717) is 36.9 Å². The summed E-state index contributed by atoms with van der Waals surface area (Å²) in [5, 5.41) is 0. The maximum Gasteiger partial charge on any atom is 0.410 e. The minimum atomic E-state index is -0.514. The molecule has 8 heteroatoms. The van der Waals surface area contributed by atoms with Crippen LogP contribution in [0.2, 0.25) is 0 Å². The predicted molar refractivity (Wildman–Crippen MR) is 88.6 cm³/mol. The van der Waals surface area contributed by atoms with Crippen LogP contribution >= 0.6 is 0 Å². The van der Waals surface area contributed by atoms with Gasteiger partial charge in [-0.05, 0) is 27.7 Å². The molecule has 7 nitrogen and oxygen atoms in total. The van der Waals surface area contributed by atoms with Crippen LogP contribution in [0.1, 0.15) is 27.7 Å². The van der Waals surface area contributed by atoms with Crippen molar-refractivity contribution in [2.45, 2.75) is 33.3 Å². The van der Waals surface area contributed by atoms with E-state index >= 15 is 0 Å². The summed E-state index contributed by atoms with van der Waals surface area (Å²) >= 11 is 0. The average molecular weight is 305 g/mol. The van der Waals surface area contributed by atoms with Crippen LogP contribution in [0.15, 0.2) is 6.20 Å². The molecule has 0 unspecified atom stereocenters. The van der Waals surface area contributed by atoms with E-state index in [1.165, 1.54) is 6.20 Å².